The highest BCUT2D eigenvalue weighted by molar-refractivity contribution is 9.10. The smallest absolute Gasteiger partial charge is 0.265 e. The molecule has 0 atom stereocenters. The fraction of sp³-hybridized carbons (Fsp3) is 0.500. The molecule has 1 aromatic rings. The Balaban J connectivity index is 2.05. The molecule has 88 valence electrons. The van der Waals surface area contributed by atoms with E-state index in [-0.39, 0.29) is 31.8 Å². The molecule has 0 aliphatic carbocycles. The third kappa shape index (κ3) is 2.43. The molecular formula is C10H10BrF2NOS. The molecule has 0 spiro atoms. The topological polar surface area (TPSA) is 20.3 Å². The lowest BCUT2D eigenvalue weighted by Crippen LogP contribution is -2.42. The van der Waals surface area contributed by atoms with Crippen LogP contribution in [-0.4, -0.2) is 29.8 Å². The van der Waals surface area contributed by atoms with Gasteiger partial charge in [0, 0.05) is 30.4 Å². The van der Waals surface area contributed by atoms with Crippen LogP contribution in [-0.2, 0) is 0 Å². The Labute approximate surface area is 104 Å². The molecular weight excluding hydrogens is 300 g/mol. The Morgan fingerprint density at radius 1 is 1.44 bits per heavy atom. The van der Waals surface area contributed by atoms with Gasteiger partial charge in [0.1, 0.15) is 4.88 Å². The number of hydrogen-bond acceptors (Lipinski definition) is 2. The summed E-state index contributed by atoms with van der Waals surface area (Å²) in [6.45, 7) is 0.270. The van der Waals surface area contributed by atoms with E-state index in [0.29, 0.717) is 4.88 Å². The zero-order valence-electron chi connectivity index (χ0n) is 8.38. The van der Waals surface area contributed by atoms with Crippen molar-refractivity contribution in [2.45, 2.75) is 18.8 Å². The second kappa shape index (κ2) is 4.41. The van der Waals surface area contributed by atoms with Gasteiger partial charge in [-0.1, -0.05) is 0 Å². The summed E-state index contributed by atoms with van der Waals surface area (Å²) in [5.41, 5.74) is 0. The summed E-state index contributed by atoms with van der Waals surface area (Å²) in [5.74, 6) is -2.76. The predicted octanol–water partition coefficient (Wildman–Crippen LogP) is 3.38. The van der Waals surface area contributed by atoms with Gasteiger partial charge in [-0.05, 0) is 27.4 Å². The number of nitrogens with zero attached hydrogens (tertiary/aromatic N) is 1. The van der Waals surface area contributed by atoms with Crippen molar-refractivity contribution in [3.05, 3.63) is 20.8 Å². The fourth-order valence-electron chi connectivity index (χ4n) is 1.63. The van der Waals surface area contributed by atoms with Gasteiger partial charge in [-0.25, -0.2) is 8.78 Å². The van der Waals surface area contributed by atoms with Crippen LogP contribution >= 0.6 is 27.3 Å². The van der Waals surface area contributed by atoms with E-state index in [4.69, 9.17) is 0 Å². The van der Waals surface area contributed by atoms with Gasteiger partial charge in [-0.15, -0.1) is 11.3 Å². The molecule has 0 aromatic carbocycles. The van der Waals surface area contributed by atoms with Gasteiger partial charge in [0.15, 0.2) is 0 Å². The molecule has 0 saturated carbocycles. The van der Waals surface area contributed by atoms with Crippen LogP contribution in [0, 0.1) is 0 Å². The maximum absolute atomic E-state index is 12.9. The van der Waals surface area contributed by atoms with Gasteiger partial charge in [0.2, 0.25) is 0 Å². The van der Waals surface area contributed by atoms with Crippen molar-refractivity contribution in [2.24, 2.45) is 0 Å². The van der Waals surface area contributed by atoms with Crippen LogP contribution in [0.1, 0.15) is 22.5 Å². The quantitative estimate of drug-likeness (QED) is 0.779. The minimum Gasteiger partial charge on any atom is -0.337 e. The summed E-state index contributed by atoms with van der Waals surface area (Å²) in [5, 5.41) is 1.80. The molecule has 6 heteroatoms. The number of hydrogen-bond donors (Lipinski definition) is 0. The van der Waals surface area contributed by atoms with E-state index in [1.54, 1.807) is 11.4 Å². The van der Waals surface area contributed by atoms with Gasteiger partial charge >= 0.3 is 0 Å². The Kier molecular flexibility index (Phi) is 3.30. The normalized spacial score (nSPS) is 19.8. The summed E-state index contributed by atoms with van der Waals surface area (Å²) in [7, 11) is 0. The van der Waals surface area contributed by atoms with Crippen LogP contribution in [0.25, 0.3) is 0 Å². The summed E-state index contributed by atoms with van der Waals surface area (Å²) in [6, 6.07) is 1.79. The number of amides is 1. The number of halogens is 3. The molecule has 2 rings (SSSR count). The van der Waals surface area contributed by atoms with Gasteiger partial charge in [-0.2, -0.15) is 0 Å². The SMILES string of the molecule is O=C(c1sccc1Br)N1CCC(F)(F)CC1. The molecule has 2 nitrogen and oxygen atoms in total. The summed E-state index contributed by atoms with van der Waals surface area (Å²) >= 11 is 4.60. The first-order valence-corrected chi connectivity index (χ1v) is 6.57. The fourth-order valence-corrected chi connectivity index (χ4v) is 3.13. The van der Waals surface area contributed by atoms with E-state index < -0.39 is 5.92 Å². The maximum Gasteiger partial charge on any atom is 0.265 e. The standard InChI is InChI=1S/C10H10BrF2NOS/c11-7-1-6-16-8(7)9(15)14-4-2-10(12,13)3-5-14/h1,6H,2-5H2. The lowest BCUT2D eigenvalue weighted by molar-refractivity contribution is -0.0493. The number of carbonyl (C=O) groups is 1. The molecule has 16 heavy (non-hydrogen) atoms. The second-order valence-corrected chi connectivity index (χ2v) is 5.52. The molecule has 2 heterocycles. The number of thiophene rings is 1. The van der Waals surface area contributed by atoms with Crippen molar-refractivity contribution < 1.29 is 13.6 Å². The molecule has 1 amide bonds. The van der Waals surface area contributed by atoms with Crippen LogP contribution < -0.4 is 0 Å². The number of likely N-dealkylation sites (tertiary alicyclic amines) is 1. The minimum atomic E-state index is -2.61. The Bertz CT molecular complexity index is 397. The molecule has 0 unspecified atom stereocenters. The van der Waals surface area contributed by atoms with Gasteiger partial charge < -0.3 is 4.90 Å². The average Bonchev–Trinajstić information content (AvgIpc) is 2.63. The zero-order valence-corrected chi connectivity index (χ0v) is 10.8. The molecule has 0 bridgehead atoms. The minimum absolute atomic E-state index is 0.135. The first-order valence-electron chi connectivity index (χ1n) is 4.90. The highest BCUT2D eigenvalue weighted by atomic mass is 79.9. The lowest BCUT2D eigenvalue weighted by atomic mass is 10.1. The maximum atomic E-state index is 12.9. The number of rotatable bonds is 1. The lowest BCUT2D eigenvalue weighted by Gasteiger charge is -2.31. The molecule has 1 aliphatic heterocycles. The van der Waals surface area contributed by atoms with Crippen molar-refractivity contribution in [1.82, 2.24) is 4.90 Å². The van der Waals surface area contributed by atoms with Crippen LogP contribution in [0.5, 0.6) is 0 Å². The molecule has 1 saturated heterocycles. The zero-order chi connectivity index (χ0) is 11.8. The van der Waals surface area contributed by atoms with Crippen LogP contribution in [0.15, 0.2) is 15.9 Å². The molecule has 0 radical (unpaired) electrons. The molecule has 0 N–H and O–H groups in total. The first-order chi connectivity index (χ1) is 7.49. The third-order valence-corrected chi connectivity index (χ3v) is 4.42. The van der Waals surface area contributed by atoms with E-state index in [1.165, 1.54) is 16.2 Å². The van der Waals surface area contributed by atoms with Crippen molar-refractivity contribution in [3.8, 4) is 0 Å². The number of piperidine rings is 1. The monoisotopic (exact) mass is 309 g/mol. The summed E-state index contributed by atoms with van der Waals surface area (Å²) in [6.07, 6.45) is -0.469. The van der Waals surface area contributed by atoms with E-state index in [1.807, 2.05) is 0 Å². The average molecular weight is 310 g/mol. The van der Waals surface area contributed by atoms with Gasteiger partial charge in [0.05, 0.1) is 0 Å². The Hall–Kier alpha value is -0.490. The van der Waals surface area contributed by atoms with Crippen LogP contribution in [0.2, 0.25) is 0 Å². The van der Waals surface area contributed by atoms with Crippen molar-refractivity contribution in [1.29, 1.82) is 0 Å². The highest BCUT2D eigenvalue weighted by Gasteiger charge is 2.36. The van der Waals surface area contributed by atoms with Crippen LogP contribution in [0.4, 0.5) is 8.78 Å². The van der Waals surface area contributed by atoms with E-state index in [2.05, 4.69) is 15.9 Å². The highest BCUT2D eigenvalue weighted by Crippen LogP contribution is 2.30. The van der Waals surface area contributed by atoms with E-state index >= 15 is 0 Å². The largest absolute Gasteiger partial charge is 0.337 e. The third-order valence-electron chi connectivity index (χ3n) is 2.59. The van der Waals surface area contributed by atoms with Crippen molar-refractivity contribution >= 4 is 33.2 Å². The van der Waals surface area contributed by atoms with Crippen molar-refractivity contribution in [3.63, 3.8) is 0 Å². The predicted molar refractivity (Wildman–Crippen MR) is 62.1 cm³/mol. The van der Waals surface area contributed by atoms with Crippen LogP contribution in [0.3, 0.4) is 0 Å². The van der Waals surface area contributed by atoms with Gasteiger partial charge in [-0.3, -0.25) is 4.79 Å². The number of carbonyl (C=O) groups excluding carboxylic acids is 1. The Morgan fingerprint density at radius 2 is 2.06 bits per heavy atom. The summed E-state index contributed by atoms with van der Waals surface area (Å²) < 4.78 is 26.6. The Morgan fingerprint density at radius 3 is 2.56 bits per heavy atom. The van der Waals surface area contributed by atoms with Crippen molar-refractivity contribution in [2.75, 3.05) is 13.1 Å². The molecule has 1 fully saturated rings. The summed E-state index contributed by atoms with van der Waals surface area (Å²) in [4.78, 5) is 14.0. The number of alkyl halides is 2. The first kappa shape index (κ1) is 12.0. The van der Waals surface area contributed by atoms with Gasteiger partial charge in [0.25, 0.3) is 11.8 Å². The molecule has 1 aromatic heterocycles. The van der Waals surface area contributed by atoms with E-state index in [9.17, 15) is 13.6 Å². The van der Waals surface area contributed by atoms with E-state index in [0.717, 1.165) is 4.47 Å². The second-order valence-electron chi connectivity index (χ2n) is 3.75. The molecule has 1 aliphatic rings.